The standard InChI is InChI=1S/C32H35FN4O10/c1-4-46-32(44)37-12-10-36(11-13-37)29(39)21(30(40)41)8-9-34-28(38)25-17-26(22-16-23(33)18(2)14-24(22)35-25)47-27(31(42)43)19-6-5-7-20(15-19)45-3/h5-7,14-17,21,27H,4,8-13H2,1-3H3,(H,34,38)(H,40,41)(H,42,43). The lowest BCUT2D eigenvalue weighted by atomic mass is 10.0. The SMILES string of the molecule is CCOC(=O)N1CCN(C(=O)C(CCNC(=O)c2cc(OC(C(=O)O)c3cccc(OC)c3)c3cc(F)c(C)cc3n2)C(=O)O)CC1. The van der Waals surface area contributed by atoms with Crippen LogP contribution in [-0.4, -0.2) is 101 Å². The Bertz CT molecular complexity index is 1680. The van der Waals surface area contributed by atoms with E-state index in [1.54, 1.807) is 19.1 Å². The van der Waals surface area contributed by atoms with E-state index < -0.39 is 47.7 Å². The Morgan fingerprint density at radius 2 is 1.70 bits per heavy atom. The highest BCUT2D eigenvalue weighted by atomic mass is 19.1. The molecule has 2 unspecified atom stereocenters. The number of halogens is 1. The van der Waals surface area contributed by atoms with Crippen molar-refractivity contribution in [2.75, 3.05) is 46.4 Å². The van der Waals surface area contributed by atoms with E-state index in [0.717, 1.165) is 6.07 Å². The van der Waals surface area contributed by atoms with Gasteiger partial charge in [0.05, 0.1) is 19.2 Å². The molecule has 4 rings (SSSR count). The van der Waals surface area contributed by atoms with Gasteiger partial charge in [-0.1, -0.05) is 12.1 Å². The molecule has 14 nitrogen and oxygen atoms in total. The maximum Gasteiger partial charge on any atom is 0.409 e. The minimum atomic E-state index is -1.56. The normalized spacial score (nSPS) is 14.2. The highest BCUT2D eigenvalue weighted by molar-refractivity contribution is 5.98. The predicted octanol–water partition coefficient (Wildman–Crippen LogP) is 3.02. The van der Waals surface area contributed by atoms with Gasteiger partial charge in [0, 0.05) is 49.7 Å². The average Bonchev–Trinajstić information content (AvgIpc) is 3.05. The lowest BCUT2D eigenvalue weighted by Gasteiger charge is -2.35. The number of aryl methyl sites for hydroxylation is 1. The van der Waals surface area contributed by atoms with Crippen LogP contribution in [0.2, 0.25) is 0 Å². The lowest BCUT2D eigenvalue weighted by molar-refractivity contribution is -0.152. The fraction of sp³-hybridized carbons (Fsp3) is 0.375. The lowest BCUT2D eigenvalue weighted by Crippen LogP contribution is -2.53. The van der Waals surface area contributed by atoms with Crippen LogP contribution in [0.3, 0.4) is 0 Å². The molecule has 0 bridgehead atoms. The smallest absolute Gasteiger partial charge is 0.409 e. The van der Waals surface area contributed by atoms with Crippen LogP contribution in [0.1, 0.15) is 41.1 Å². The van der Waals surface area contributed by atoms with E-state index in [9.17, 15) is 38.6 Å². The number of rotatable bonds is 12. The van der Waals surface area contributed by atoms with Crippen molar-refractivity contribution < 1.29 is 52.8 Å². The molecule has 2 atom stereocenters. The maximum absolute atomic E-state index is 14.6. The highest BCUT2D eigenvalue weighted by Crippen LogP contribution is 2.32. The van der Waals surface area contributed by atoms with E-state index in [0.29, 0.717) is 5.75 Å². The van der Waals surface area contributed by atoms with E-state index in [4.69, 9.17) is 14.2 Å². The second kappa shape index (κ2) is 15.2. The molecule has 0 aliphatic carbocycles. The number of aromatic nitrogens is 1. The summed E-state index contributed by atoms with van der Waals surface area (Å²) in [5.41, 5.74) is 0.400. The first-order chi connectivity index (χ1) is 22.4. The molecule has 1 saturated heterocycles. The summed E-state index contributed by atoms with van der Waals surface area (Å²) in [6, 6.07) is 9.89. The van der Waals surface area contributed by atoms with Gasteiger partial charge in [-0.05, 0) is 50.1 Å². The number of carbonyl (C=O) groups excluding carboxylic acids is 3. The number of nitrogens with zero attached hydrogens (tertiary/aromatic N) is 3. The van der Waals surface area contributed by atoms with Crippen molar-refractivity contribution in [3.05, 3.63) is 65.1 Å². The van der Waals surface area contributed by atoms with Crippen molar-refractivity contribution in [2.45, 2.75) is 26.4 Å². The summed E-state index contributed by atoms with van der Waals surface area (Å²) in [5, 5.41) is 22.4. The second-order valence-electron chi connectivity index (χ2n) is 10.7. The summed E-state index contributed by atoms with van der Waals surface area (Å²) in [7, 11) is 1.42. The highest BCUT2D eigenvalue weighted by Gasteiger charge is 2.33. The molecule has 3 aromatic rings. The molecule has 15 heteroatoms. The molecule has 2 aromatic carbocycles. The van der Waals surface area contributed by atoms with Gasteiger partial charge in [-0.25, -0.2) is 19.0 Å². The van der Waals surface area contributed by atoms with E-state index >= 15 is 0 Å². The van der Waals surface area contributed by atoms with Crippen LogP contribution in [0.5, 0.6) is 11.5 Å². The minimum absolute atomic E-state index is 0.124. The van der Waals surface area contributed by atoms with Crippen molar-refractivity contribution in [2.24, 2.45) is 5.92 Å². The Morgan fingerprint density at radius 3 is 2.34 bits per heavy atom. The summed E-state index contributed by atoms with van der Waals surface area (Å²) < 4.78 is 30.6. The van der Waals surface area contributed by atoms with Crippen LogP contribution in [0.25, 0.3) is 10.9 Å². The molecule has 1 aromatic heterocycles. The van der Waals surface area contributed by atoms with Gasteiger partial charge >= 0.3 is 18.0 Å². The molecule has 3 amide bonds. The van der Waals surface area contributed by atoms with Crippen LogP contribution < -0.4 is 14.8 Å². The number of hydrogen-bond acceptors (Lipinski definition) is 9. The minimum Gasteiger partial charge on any atom is -0.497 e. The summed E-state index contributed by atoms with van der Waals surface area (Å²) >= 11 is 0. The molecular formula is C32H35FN4O10. The molecule has 0 radical (unpaired) electrons. The summed E-state index contributed by atoms with van der Waals surface area (Å²) in [6.45, 7) is 3.81. The van der Waals surface area contributed by atoms with Crippen LogP contribution in [0.15, 0.2) is 42.5 Å². The number of carbonyl (C=O) groups is 5. The quantitative estimate of drug-likeness (QED) is 0.244. The molecule has 1 aliphatic rings. The zero-order valence-corrected chi connectivity index (χ0v) is 26.0. The molecule has 47 heavy (non-hydrogen) atoms. The molecule has 250 valence electrons. The van der Waals surface area contributed by atoms with Crippen LogP contribution in [0, 0.1) is 18.7 Å². The van der Waals surface area contributed by atoms with Crippen molar-refractivity contribution in [1.29, 1.82) is 0 Å². The third-order valence-electron chi connectivity index (χ3n) is 7.58. The van der Waals surface area contributed by atoms with E-state index in [1.165, 1.54) is 48.1 Å². The summed E-state index contributed by atoms with van der Waals surface area (Å²) in [5.74, 6) is -5.93. The molecule has 0 spiro atoms. The Morgan fingerprint density at radius 1 is 1.00 bits per heavy atom. The molecule has 1 fully saturated rings. The third kappa shape index (κ3) is 8.23. The Hall–Kier alpha value is -5.47. The molecule has 2 heterocycles. The number of piperazine rings is 1. The van der Waals surface area contributed by atoms with Crippen LogP contribution >= 0.6 is 0 Å². The maximum atomic E-state index is 14.6. The molecular weight excluding hydrogens is 619 g/mol. The average molecular weight is 655 g/mol. The topological polar surface area (TPSA) is 185 Å². The van der Waals surface area contributed by atoms with Crippen molar-refractivity contribution in [3.8, 4) is 11.5 Å². The Labute approximate surface area is 269 Å². The number of hydrogen-bond donors (Lipinski definition) is 3. The fourth-order valence-electron chi connectivity index (χ4n) is 5.04. The number of pyridine rings is 1. The first-order valence-electron chi connectivity index (χ1n) is 14.8. The van der Waals surface area contributed by atoms with Crippen molar-refractivity contribution in [1.82, 2.24) is 20.1 Å². The van der Waals surface area contributed by atoms with Gasteiger partial charge in [-0.15, -0.1) is 0 Å². The largest absolute Gasteiger partial charge is 0.497 e. The van der Waals surface area contributed by atoms with Gasteiger partial charge in [0.2, 0.25) is 12.0 Å². The van der Waals surface area contributed by atoms with Crippen LogP contribution in [-0.2, 0) is 19.1 Å². The monoisotopic (exact) mass is 654 g/mol. The first kappa shape index (κ1) is 34.4. The van der Waals surface area contributed by atoms with Crippen molar-refractivity contribution >= 4 is 40.7 Å². The number of carboxylic acids is 2. The van der Waals surface area contributed by atoms with Crippen molar-refractivity contribution in [3.63, 3.8) is 0 Å². The number of nitrogens with one attached hydrogen (secondary N) is 1. The van der Waals surface area contributed by atoms with Gasteiger partial charge in [0.15, 0.2) is 0 Å². The van der Waals surface area contributed by atoms with E-state index in [1.807, 2.05) is 0 Å². The number of amides is 3. The summed E-state index contributed by atoms with van der Waals surface area (Å²) in [4.78, 5) is 69.5. The van der Waals surface area contributed by atoms with Gasteiger partial charge in [0.1, 0.15) is 28.9 Å². The number of fused-ring (bicyclic) bond motifs is 1. The summed E-state index contributed by atoms with van der Waals surface area (Å²) in [6.07, 6.45) is -2.31. The van der Waals surface area contributed by atoms with E-state index in [-0.39, 0.29) is 79.2 Å². The Kier molecular flexibility index (Phi) is 11.1. The molecule has 3 N–H and O–H groups in total. The molecule has 1 aliphatic heterocycles. The van der Waals surface area contributed by atoms with Crippen LogP contribution in [0.4, 0.5) is 9.18 Å². The van der Waals surface area contributed by atoms with Gasteiger partial charge in [0.25, 0.3) is 5.91 Å². The zero-order valence-electron chi connectivity index (χ0n) is 26.0. The number of aliphatic carboxylic acids is 2. The fourth-order valence-corrected chi connectivity index (χ4v) is 5.04. The van der Waals surface area contributed by atoms with E-state index in [2.05, 4.69) is 10.3 Å². The Balaban J connectivity index is 1.51. The number of benzene rings is 2. The van der Waals surface area contributed by atoms with Gasteiger partial charge < -0.3 is 39.5 Å². The second-order valence-corrected chi connectivity index (χ2v) is 10.7. The third-order valence-corrected chi connectivity index (χ3v) is 7.58. The van der Waals surface area contributed by atoms with Gasteiger partial charge in [-0.3, -0.25) is 14.4 Å². The number of carboxylic acid groups (broad SMARTS) is 2. The zero-order chi connectivity index (χ0) is 34.2. The first-order valence-corrected chi connectivity index (χ1v) is 14.8. The number of ether oxygens (including phenoxy) is 3. The molecule has 0 saturated carbocycles. The van der Waals surface area contributed by atoms with Gasteiger partial charge in [-0.2, -0.15) is 0 Å². The number of methoxy groups -OCH3 is 1. The predicted molar refractivity (Wildman–Crippen MR) is 164 cm³/mol.